The van der Waals surface area contributed by atoms with Crippen LogP contribution in [0.4, 0.5) is 0 Å². The summed E-state index contributed by atoms with van der Waals surface area (Å²) in [6.07, 6.45) is 3.39. The van der Waals surface area contributed by atoms with Gasteiger partial charge in [0, 0.05) is 12.3 Å². The molecule has 0 saturated heterocycles. The van der Waals surface area contributed by atoms with Crippen LogP contribution in [0.5, 0.6) is 11.5 Å². The van der Waals surface area contributed by atoms with E-state index in [2.05, 4.69) is 11.1 Å². The Morgan fingerprint density at radius 3 is 3.00 bits per heavy atom. The van der Waals surface area contributed by atoms with Crippen LogP contribution in [0.3, 0.4) is 0 Å². The third-order valence-electron chi connectivity index (χ3n) is 1.79. The van der Waals surface area contributed by atoms with Crippen molar-refractivity contribution in [1.82, 2.24) is 4.98 Å². The molecular weight excluding hydrogens is 174 g/mol. The molecule has 0 saturated carbocycles. The van der Waals surface area contributed by atoms with Crippen LogP contribution in [-0.2, 0) is 0 Å². The largest absolute Gasteiger partial charge is 0.455 e. The predicted molar refractivity (Wildman–Crippen MR) is 54.3 cm³/mol. The Kier molecular flexibility index (Phi) is 2.45. The van der Waals surface area contributed by atoms with E-state index in [0.717, 1.165) is 17.1 Å². The van der Waals surface area contributed by atoms with Gasteiger partial charge in [-0.1, -0.05) is 12.1 Å². The van der Waals surface area contributed by atoms with Gasteiger partial charge in [-0.05, 0) is 30.7 Å². The predicted octanol–water partition coefficient (Wildman–Crippen LogP) is 2.98. The molecule has 1 aromatic heterocycles. The van der Waals surface area contributed by atoms with E-state index in [0.29, 0.717) is 0 Å². The molecule has 0 N–H and O–H groups in total. The Bertz CT molecular complexity index is 412. The van der Waals surface area contributed by atoms with Gasteiger partial charge >= 0.3 is 0 Å². The van der Waals surface area contributed by atoms with Gasteiger partial charge in [0.1, 0.15) is 11.5 Å². The van der Waals surface area contributed by atoms with E-state index in [9.17, 15) is 0 Å². The van der Waals surface area contributed by atoms with Gasteiger partial charge < -0.3 is 4.74 Å². The summed E-state index contributed by atoms with van der Waals surface area (Å²) in [7, 11) is 0. The number of pyridine rings is 1. The molecule has 0 spiro atoms. The average Bonchev–Trinajstić information content (AvgIpc) is 2.19. The molecule has 1 heterocycles. The number of aryl methyl sites for hydroxylation is 1. The molecule has 2 aromatic rings. The summed E-state index contributed by atoms with van der Waals surface area (Å²) >= 11 is 0. The van der Waals surface area contributed by atoms with E-state index < -0.39 is 0 Å². The minimum Gasteiger partial charge on any atom is -0.455 e. The fourth-order valence-electron chi connectivity index (χ4n) is 1.15. The zero-order valence-electron chi connectivity index (χ0n) is 7.90. The van der Waals surface area contributed by atoms with Gasteiger partial charge in [-0.3, -0.25) is 4.98 Å². The van der Waals surface area contributed by atoms with E-state index in [1.165, 1.54) is 0 Å². The summed E-state index contributed by atoms with van der Waals surface area (Å²) in [4.78, 5) is 3.96. The minimum absolute atomic E-state index is 0.720. The quantitative estimate of drug-likeness (QED) is 0.715. The maximum absolute atomic E-state index is 5.54. The maximum atomic E-state index is 5.54. The highest BCUT2D eigenvalue weighted by molar-refractivity contribution is 5.31. The lowest BCUT2D eigenvalue weighted by atomic mass is 10.2. The van der Waals surface area contributed by atoms with Crippen LogP contribution in [0.25, 0.3) is 0 Å². The first kappa shape index (κ1) is 8.75. The van der Waals surface area contributed by atoms with Crippen molar-refractivity contribution < 1.29 is 4.74 Å². The van der Waals surface area contributed by atoms with Gasteiger partial charge in [0.2, 0.25) is 0 Å². The highest BCUT2D eigenvalue weighted by Crippen LogP contribution is 2.19. The summed E-state index contributed by atoms with van der Waals surface area (Å²) < 4.78 is 5.54. The van der Waals surface area contributed by atoms with Crippen molar-refractivity contribution in [2.24, 2.45) is 0 Å². The van der Waals surface area contributed by atoms with Crippen molar-refractivity contribution in [2.75, 3.05) is 0 Å². The van der Waals surface area contributed by atoms with Crippen molar-refractivity contribution >= 4 is 0 Å². The van der Waals surface area contributed by atoms with E-state index in [-0.39, 0.29) is 0 Å². The SMILES string of the molecule is Cc1cc[c]c(Oc2cccnc2)c1. The zero-order chi connectivity index (χ0) is 9.80. The standard InChI is InChI=1S/C12H10NO/c1-10-4-2-5-11(8-10)14-12-6-3-7-13-9-12/h2-4,6-9H,1H3. The summed E-state index contributed by atoms with van der Waals surface area (Å²) in [5, 5.41) is 0. The molecule has 0 atom stereocenters. The molecule has 2 heteroatoms. The Hall–Kier alpha value is -1.83. The second-order valence-electron chi connectivity index (χ2n) is 3.02. The minimum atomic E-state index is 0.720. The lowest BCUT2D eigenvalue weighted by Gasteiger charge is -2.04. The number of nitrogens with zero attached hydrogens (tertiary/aromatic N) is 1. The molecule has 0 aliphatic rings. The molecule has 0 unspecified atom stereocenters. The topological polar surface area (TPSA) is 22.1 Å². The summed E-state index contributed by atoms with van der Waals surface area (Å²) in [5.74, 6) is 1.45. The molecule has 0 fully saturated rings. The number of aromatic nitrogens is 1. The van der Waals surface area contributed by atoms with Crippen LogP contribution in [-0.4, -0.2) is 4.98 Å². The van der Waals surface area contributed by atoms with Gasteiger partial charge in [-0.25, -0.2) is 0 Å². The molecule has 14 heavy (non-hydrogen) atoms. The molecule has 1 aromatic carbocycles. The van der Waals surface area contributed by atoms with E-state index in [4.69, 9.17) is 4.74 Å². The molecule has 0 amide bonds. The van der Waals surface area contributed by atoms with Crippen molar-refractivity contribution in [2.45, 2.75) is 6.92 Å². The molecule has 1 radical (unpaired) electrons. The van der Waals surface area contributed by atoms with E-state index in [1.807, 2.05) is 37.3 Å². The van der Waals surface area contributed by atoms with Gasteiger partial charge in [-0.2, -0.15) is 0 Å². The highest BCUT2D eigenvalue weighted by atomic mass is 16.5. The fraction of sp³-hybridized carbons (Fsp3) is 0.0833. The van der Waals surface area contributed by atoms with E-state index >= 15 is 0 Å². The maximum Gasteiger partial charge on any atom is 0.145 e. The second-order valence-corrected chi connectivity index (χ2v) is 3.02. The Morgan fingerprint density at radius 2 is 2.29 bits per heavy atom. The number of ether oxygens (including phenoxy) is 1. The lowest BCUT2D eigenvalue weighted by Crippen LogP contribution is -1.85. The van der Waals surface area contributed by atoms with Gasteiger partial charge in [-0.15, -0.1) is 0 Å². The normalized spacial score (nSPS) is 9.79. The first-order valence-corrected chi connectivity index (χ1v) is 4.41. The number of hydrogen-bond acceptors (Lipinski definition) is 2. The van der Waals surface area contributed by atoms with Crippen molar-refractivity contribution in [1.29, 1.82) is 0 Å². The van der Waals surface area contributed by atoms with Gasteiger partial charge in [0.25, 0.3) is 0 Å². The van der Waals surface area contributed by atoms with Crippen LogP contribution in [0, 0.1) is 13.0 Å². The smallest absolute Gasteiger partial charge is 0.145 e. The first-order valence-electron chi connectivity index (χ1n) is 4.41. The lowest BCUT2D eigenvalue weighted by molar-refractivity contribution is 0.479. The Labute approximate surface area is 83.2 Å². The van der Waals surface area contributed by atoms with Crippen LogP contribution >= 0.6 is 0 Å². The molecule has 0 bridgehead atoms. The first-order chi connectivity index (χ1) is 6.84. The molecule has 2 rings (SSSR count). The molecule has 69 valence electrons. The summed E-state index contributed by atoms with van der Waals surface area (Å²) in [6.45, 7) is 2.02. The molecular formula is C12H10NO. The van der Waals surface area contributed by atoms with Gasteiger partial charge in [0.05, 0.1) is 6.20 Å². The van der Waals surface area contributed by atoms with Crippen LogP contribution in [0.15, 0.2) is 42.7 Å². The number of rotatable bonds is 2. The van der Waals surface area contributed by atoms with Crippen molar-refractivity contribution in [3.8, 4) is 11.5 Å². The molecule has 0 aliphatic carbocycles. The Morgan fingerprint density at radius 1 is 1.36 bits per heavy atom. The number of benzene rings is 1. The third kappa shape index (κ3) is 2.10. The molecule has 0 aliphatic heterocycles. The van der Waals surface area contributed by atoms with E-state index in [1.54, 1.807) is 12.4 Å². The third-order valence-corrected chi connectivity index (χ3v) is 1.79. The summed E-state index contributed by atoms with van der Waals surface area (Å²) in [6, 6.07) is 12.5. The summed E-state index contributed by atoms with van der Waals surface area (Å²) in [5.41, 5.74) is 1.16. The zero-order valence-corrected chi connectivity index (χ0v) is 7.90. The van der Waals surface area contributed by atoms with Crippen LogP contribution in [0.1, 0.15) is 5.56 Å². The number of hydrogen-bond donors (Lipinski definition) is 0. The monoisotopic (exact) mass is 184 g/mol. The highest BCUT2D eigenvalue weighted by Gasteiger charge is 1.96. The average molecular weight is 184 g/mol. The fourth-order valence-corrected chi connectivity index (χ4v) is 1.15. The molecule has 2 nitrogen and oxygen atoms in total. The van der Waals surface area contributed by atoms with Gasteiger partial charge in [0.15, 0.2) is 0 Å². The van der Waals surface area contributed by atoms with Crippen LogP contribution < -0.4 is 4.74 Å². The Balaban J connectivity index is 2.19. The van der Waals surface area contributed by atoms with Crippen molar-refractivity contribution in [3.63, 3.8) is 0 Å². The second kappa shape index (κ2) is 3.92. The van der Waals surface area contributed by atoms with Crippen LogP contribution in [0.2, 0.25) is 0 Å². The van der Waals surface area contributed by atoms with Crippen molar-refractivity contribution in [3.05, 3.63) is 54.4 Å².